The molecular weight excluding hydrogens is 259 g/mol. The number of halogens is 4. The van der Waals surface area contributed by atoms with E-state index in [1.807, 2.05) is 0 Å². The Labute approximate surface area is 100 Å². The van der Waals surface area contributed by atoms with E-state index in [2.05, 4.69) is 15.3 Å². The van der Waals surface area contributed by atoms with Gasteiger partial charge >= 0.3 is 6.18 Å². The van der Waals surface area contributed by atoms with Gasteiger partial charge in [0, 0.05) is 12.2 Å². The molecular formula is C9H9ClF3N3O. The molecule has 0 fully saturated rings. The standard InChI is InChI=1S/C9H9ClF3N3O/c1-4(2)15-7(17)5-3-14-8(10)16-6(5)9(11,12)13/h3-4H,1-2H3,(H,15,17). The summed E-state index contributed by atoms with van der Waals surface area (Å²) in [6.07, 6.45) is -3.99. The zero-order chi connectivity index (χ0) is 13.2. The molecule has 0 aliphatic carbocycles. The molecule has 4 nitrogen and oxygen atoms in total. The van der Waals surface area contributed by atoms with E-state index in [1.165, 1.54) is 0 Å². The van der Waals surface area contributed by atoms with Crippen molar-refractivity contribution in [1.29, 1.82) is 0 Å². The summed E-state index contributed by atoms with van der Waals surface area (Å²) >= 11 is 5.28. The van der Waals surface area contributed by atoms with E-state index in [9.17, 15) is 18.0 Å². The number of hydrogen-bond acceptors (Lipinski definition) is 3. The number of rotatable bonds is 2. The Kier molecular flexibility index (Phi) is 3.92. The highest BCUT2D eigenvalue weighted by molar-refractivity contribution is 6.28. The molecule has 0 saturated carbocycles. The quantitative estimate of drug-likeness (QED) is 0.837. The van der Waals surface area contributed by atoms with Crippen LogP contribution in [0.15, 0.2) is 6.20 Å². The highest BCUT2D eigenvalue weighted by atomic mass is 35.5. The number of amides is 1. The molecule has 1 amide bonds. The second-order valence-electron chi connectivity index (χ2n) is 3.53. The third-order valence-electron chi connectivity index (χ3n) is 1.69. The maximum atomic E-state index is 12.6. The van der Waals surface area contributed by atoms with Crippen LogP contribution in [0.3, 0.4) is 0 Å². The van der Waals surface area contributed by atoms with Gasteiger partial charge in [-0.2, -0.15) is 13.2 Å². The second kappa shape index (κ2) is 4.87. The summed E-state index contributed by atoms with van der Waals surface area (Å²) < 4.78 is 37.8. The van der Waals surface area contributed by atoms with Crippen LogP contribution >= 0.6 is 11.6 Å². The van der Waals surface area contributed by atoms with Crippen molar-refractivity contribution in [2.24, 2.45) is 0 Å². The van der Waals surface area contributed by atoms with Gasteiger partial charge in [0.2, 0.25) is 5.28 Å². The third kappa shape index (κ3) is 3.55. The van der Waals surface area contributed by atoms with Gasteiger partial charge < -0.3 is 5.32 Å². The van der Waals surface area contributed by atoms with Gasteiger partial charge in [0.05, 0.1) is 5.56 Å². The lowest BCUT2D eigenvalue weighted by atomic mass is 10.2. The molecule has 1 aromatic rings. The largest absolute Gasteiger partial charge is 0.434 e. The van der Waals surface area contributed by atoms with Crippen LogP contribution in [0.25, 0.3) is 0 Å². The smallest absolute Gasteiger partial charge is 0.350 e. The van der Waals surface area contributed by atoms with Crippen LogP contribution in [-0.4, -0.2) is 21.9 Å². The summed E-state index contributed by atoms with van der Waals surface area (Å²) in [5.41, 5.74) is -1.98. The minimum Gasteiger partial charge on any atom is -0.350 e. The van der Waals surface area contributed by atoms with Gasteiger partial charge in [0.1, 0.15) is 0 Å². The normalized spacial score (nSPS) is 11.7. The average molecular weight is 268 g/mol. The van der Waals surface area contributed by atoms with E-state index in [0.29, 0.717) is 0 Å². The summed E-state index contributed by atoms with van der Waals surface area (Å²) in [7, 11) is 0. The van der Waals surface area contributed by atoms with Crippen LogP contribution in [0.4, 0.5) is 13.2 Å². The van der Waals surface area contributed by atoms with Crippen molar-refractivity contribution >= 4 is 17.5 Å². The predicted molar refractivity (Wildman–Crippen MR) is 54.6 cm³/mol. The molecule has 8 heteroatoms. The first-order valence-corrected chi connectivity index (χ1v) is 5.00. The molecule has 0 bridgehead atoms. The molecule has 0 aliphatic rings. The predicted octanol–water partition coefficient (Wildman–Crippen LogP) is 2.29. The van der Waals surface area contributed by atoms with Crippen molar-refractivity contribution in [1.82, 2.24) is 15.3 Å². The Morgan fingerprint density at radius 3 is 2.53 bits per heavy atom. The minimum absolute atomic E-state index is 0.292. The van der Waals surface area contributed by atoms with Crippen molar-refractivity contribution in [2.45, 2.75) is 26.1 Å². The van der Waals surface area contributed by atoms with Crippen molar-refractivity contribution in [2.75, 3.05) is 0 Å². The molecule has 1 rings (SSSR count). The number of nitrogens with zero attached hydrogens (tertiary/aromatic N) is 2. The zero-order valence-electron chi connectivity index (χ0n) is 8.97. The van der Waals surface area contributed by atoms with E-state index < -0.39 is 28.6 Å². The summed E-state index contributed by atoms with van der Waals surface area (Å²) in [4.78, 5) is 17.9. The van der Waals surface area contributed by atoms with Crippen molar-refractivity contribution in [3.05, 3.63) is 22.7 Å². The Morgan fingerprint density at radius 1 is 1.47 bits per heavy atom. The molecule has 1 heterocycles. The van der Waals surface area contributed by atoms with Gasteiger partial charge in [-0.25, -0.2) is 9.97 Å². The molecule has 17 heavy (non-hydrogen) atoms. The van der Waals surface area contributed by atoms with E-state index in [-0.39, 0.29) is 6.04 Å². The van der Waals surface area contributed by atoms with E-state index in [0.717, 1.165) is 6.20 Å². The molecule has 0 spiro atoms. The molecule has 0 radical (unpaired) electrons. The van der Waals surface area contributed by atoms with Crippen molar-refractivity contribution in [3.63, 3.8) is 0 Å². The van der Waals surface area contributed by atoms with Crippen molar-refractivity contribution < 1.29 is 18.0 Å². The maximum Gasteiger partial charge on any atom is 0.434 e. The first kappa shape index (κ1) is 13.7. The zero-order valence-corrected chi connectivity index (χ0v) is 9.73. The van der Waals surface area contributed by atoms with Gasteiger partial charge in [-0.1, -0.05) is 0 Å². The SMILES string of the molecule is CC(C)NC(=O)c1cnc(Cl)nc1C(F)(F)F. The van der Waals surface area contributed by atoms with Gasteiger partial charge in [0.25, 0.3) is 5.91 Å². The highest BCUT2D eigenvalue weighted by Crippen LogP contribution is 2.30. The Morgan fingerprint density at radius 2 is 2.06 bits per heavy atom. The summed E-state index contributed by atoms with van der Waals surface area (Å²) in [5, 5.41) is 1.77. The number of aromatic nitrogens is 2. The van der Waals surface area contributed by atoms with Crippen LogP contribution in [0.2, 0.25) is 5.28 Å². The summed E-state index contributed by atoms with van der Waals surface area (Å²) in [6, 6.07) is -0.292. The van der Waals surface area contributed by atoms with E-state index in [1.54, 1.807) is 13.8 Å². The molecule has 0 aromatic carbocycles. The fourth-order valence-corrected chi connectivity index (χ4v) is 1.22. The number of carbonyl (C=O) groups excluding carboxylic acids is 1. The van der Waals surface area contributed by atoms with Crippen LogP contribution in [-0.2, 0) is 6.18 Å². The second-order valence-corrected chi connectivity index (χ2v) is 3.87. The number of carbonyl (C=O) groups is 1. The molecule has 0 unspecified atom stereocenters. The topological polar surface area (TPSA) is 54.9 Å². The van der Waals surface area contributed by atoms with Crippen LogP contribution in [0.5, 0.6) is 0 Å². The monoisotopic (exact) mass is 267 g/mol. The number of nitrogens with one attached hydrogen (secondary N) is 1. The number of alkyl halides is 3. The molecule has 94 valence electrons. The van der Waals surface area contributed by atoms with Gasteiger partial charge in [-0.05, 0) is 25.4 Å². The Hall–Kier alpha value is -1.37. The fraction of sp³-hybridized carbons (Fsp3) is 0.444. The summed E-state index contributed by atoms with van der Waals surface area (Å²) in [6.45, 7) is 3.25. The lowest BCUT2D eigenvalue weighted by Crippen LogP contribution is -2.32. The first-order valence-electron chi connectivity index (χ1n) is 4.62. The maximum absolute atomic E-state index is 12.6. The third-order valence-corrected chi connectivity index (χ3v) is 1.87. The van der Waals surface area contributed by atoms with Crippen LogP contribution in [0.1, 0.15) is 29.9 Å². The van der Waals surface area contributed by atoms with Crippen molar-refractivity contribution in [3.8, 4) is 0 Å². The lowest BCUT2D eigenvalue weighted by molar-refractivity contribution is -0.141. The molecule has 0 atom stereocenters. The lowest BCUT2D eigenvalue weighted by Gasteiger charge is -2.13. The van der Waals surface area contributed by atoms with Crippen LogP contribution in [0, 0.1) is 0 Å². The number of hydrogen-bond donors (Lipinski definition) is 1. The van der Waals surface area contributed by atoms with E-state index >= 15 is 0 Å². The van der Waals surface area contributed by atoms with E-state index in [4.69, 9.17) is 11.6 Å². The average Bonchev–Trinajstić information content (AvgIpc) is 2.14. The van der Waals surface area contributed by atoms with Gasteiger partial charge in [0.15, 0.2) is 5.69 Å². The van der Waals surface area contributed by atoms with Gasteiger partial charge in [-0.3, -0.25) is 4.79 Å². The molecule has 0 saturated heterocycles. The molecule has 1 aromatic heterocycles. The summed E-state index contributed by atoms with van der Waals surface area (Å²) in [5.74, 6) is -0.885. The fourth-order valence-electron chi connectivity index (χ4n) is 1.08. The van der Waals surface area contributed by atoms with Gasteiger partial charge in [-0.15, -0.1) is 0 Å². The molecule has 0 aliphatic heterocycles. The molecule has 1 N–H and O–H groups in total. The minimum atomic E-state index is -4.75. The Balaban J connectivity index is 3.20. The first-order chi connectivity index (χ1) is 7.71. The van der Waals surface area contributed by atoms with Crippen LogP contribution < -0.4 is 5.32 Å². The Bertz CT molecular complexity index is 434. The highest BCUT2D eigenvalue weighted by Gasteiger charge is 2.38.